The van der Waals surface area contributed by atoms with Gasteiger partial charge >= 0.3 is 0 Å². The second-order valence-corrected chi connectivity index (χ2v) is 8.01. The van der Waals surface area contributed by atoms with Gasteiger partial charge in [0.15, 0.2) is 0 Å². The molecule has 0 N–H and O–H groups in total. The summed E-state index contributed by atoms with van der Waals surface area (Å²) in [6.07, 6.45) is 0.864. The molecular formula is C20H21ClN4O2S. The smallest absolute Gasteiger partial charge is 0.248 e. The van der Waals surface area contributed by atoms with Crippen LogP contribution in [0.25, 0.3) is 11.5 Å². The summed E-state index contributed by atoms with van der Waals surface area (Å²) >= 11 is 7.52. The molecule has 0 atom stereocenters. The number of nitrogens with zero attached hydrogens (tertiary/aromatic N) is 4. The van der Waals surface area contributed by atoms with Crippen LogP contribution in [0, 0.1) is 0 Å². The van der Waals surface area contributed by atoms with Crippen LogP contribution in [0.15, 0.2) is 45.5 Å². The monoisotopic (exact) mass is 416 g/mol. The molecule has 6 nitrogen and oxygen atoms in total. The molecule has 0 saturated carbocycles. The summed E-state index contributed by atoms with van der Waals surface area (Å²) in [5, 5.41) is 12.8. The summed E-state index contributed by atoms with van der Waals surface area (Å²) in [5.74, 6) is 1.16. The number of aromatic nitrogens is 2. The number of hydrogen-bond acceptors (Lipinski definition) is 6. The second kappa shape index (κ2) is 8.86. The average Bonchev–Trinajstić information content (AvgIpc) is 3.40. The molecule has 8 heteroatoms. The van der Waals surface area contributed by atoms with Gasteiger partial charge in [-0.25, -0.2) is 0 Å². The van der Waals surface area contributed by atoms with E-state index in [1.54, 1.807) is 11.3 Å². The van der Waals surface area contributed by atoms with Crippen LogP contribution in [0.5, 0.6) is 0 Å². The van der Waals surface area contributed by atoms with Crippen LogP contribution in [-0.2, 0) is 17.8 Å². The molecule has 146 valence electrons. The van der Waals surface area contributed by atoms with E-state index >= 15 is 0 Å². The number of carbonyl (C=O) groups is 1. The number of carbonyl (C=O) groups excluding carboxylic acids is 1. The van der Waals surface area contributed by atoms with Crippen LogP contribution in [0.1, 0.15) is 17.9 Å². The molecule has 4 rings (SSSR count). The van der Waals surface area contributed by atoms with Crippen LogP contribution >= 0.6 is 22.9 Å². The normalized spacial score (nSPS) is 15.1. The van der Waals surface area contributed by atoms with Crippen molar-refractivity contribution in [3.8, 4) is 11.5 Å². The van der Waals surface area contributed by atoms with Crippen LogP contribution < -0.4 is 0 Å². The maximum absolute atomic E-state index is 12.5. The molecule has 3 aromatic rings. The molecule has 1 aliphatic rings. The minimum Gasteiger partial charge on any atom is -0.421 e. The first kappa shape index (κ1) is 19.1. The molecular weight excluding hydrogens is 396 g/mol. The number of piperazine rings is 1. The Balaban J connectivity index is 1.22. The zero-order valence-electron chi connectivity index (χ0n) is 15.4. The molecule has 0 unspecified atom stereocenters. The van der Waals surface area contributed by atoms with Crippen LogP contribution in [0.3, 0.4) is 0 Å². The standard InChI is InChI=1S/C20H21ClN4O2S/c21-17-3-1-15(2-4-17)13-24-8-10-25(11-9-24)19(26)6-5-18-22-23-20(27-18)16-7-12-28-14-16/h1-4,7,12,14H,5-6,8-11,13H2. The third-order valence-electron chi connectivity index (χ3n) is 4.83. The highest BCUT2D eigenvalue weighted by atomic mass is 35.5. The van der Waals surface area contributed by atoms with E-state index in [4.69, 9.17) is 16.0 Å². The molecule has 28 heavy (non-hydrogen) atoms. The molecule has 1 aliphatic heterocycles. The van der Waals surface area contributed by atoms with Crippen molar-refractivity contribution in [1.82, 2.24) is 20.0 Å². The van der Waals surface area contributed by atoms with Gasteiger partial charge < -0.3 is 9.32 Å². The van der Waals surface area contributed by atoms with Gasteiger partial charge in [-0.3, -0.25) is 9.69 Å². The lowest BCUT2D eigenvalue weighted by Crippen LogP contribution is -2.48. The van der Waals surface area contributed by atoms with Crippen molar-refractivity contribution in [2.24, 2.45) is 0 Å². The number of halogens is 1. The molecule has 3 heterocycles. The largest absolute Gasteiger partial charge is 0.421 e. The van der Waals surface area contributed by atoms with Gasteiger partial charge in [0, 0.05) is 61.5 Å². The zero-order chi connectivity index (χ0) is 19.3. The van der Waals surface area contributed by atoms with E-state index in [-0.39, 0.29) is 5.91 Å². The topological polar surface area (TPSA) is 62.5 Å². The summed E-state index contributed by atoms with van der Waals surface area (Å²) in [7, 11) is 0. The highest BCUT2D eigenvalue weighted by molar-refractivity contribution is 7.08. The lowest BCUT2D eigenvalue weighted by atomic mass is 10.2. The highest BCUT2D eigenvalue weighted by Gasteiger charge is 2.21. The van der Waals surface area contributed by atoms with Crippen molar-refractivity contribution in [2.45, 2.75) is 19.4 Å². The molecule has 0 bridgehead atoms. The fraction of sp³-hybridized carbons (Fsp3) is 0.350. The molecule has 0 spiro atoms. The van der Waals surface area contributed by atoms with Crippen LogP contribution in [-0.4, -0.2) is 52.1 Å². The summed E-state index contributed by atoms with van der Waals surface area (Å²) in [5.41, 5.74) is 2.16. The van der Waals surface area contributed by atoms with Gasteiger partial charge in [0.2, 0.25) is 17.7 Å². The fourth-order valence-electron chi connectivity index (χ4n) is 3.23. The maximum atomic E-state index is 12.5. The first-order chi connectivity index (χ1) is 13.7. The van der Waals surface area contributed by atoms with E-state index in [0.717, 1.165) is 43.3 Å². The Hall–Kier alpha value is -2.22. The van der Waals surface area contributed by atoms with Gasteiger partial charge in [0.25, 0.3) is 0 Å². The highest BCUT2D eigenvalue weighted by Crippen LogP contribution is 2.21. The summed E-state index contributed by atoms with van der Waals surface area (Å²) in [6.45, 7) is 4.12. The predicted octanol–water partition coefficient (Wildman–Crippen LogP) is 3.73. The fourth-order valence-corrected chi connectivity index (χ4v) is 3.99. The Morgan fingerprint density at radius 3 is 2.61 bits per heavy atom. The minimum absolute atomic E-state index is 0.140. The third kappa shape index (κ3) is 4.79. The SMILES string of the molecule is O=C(CCc1nnc(-c2ccsc2)o1)N1CCN(Cc2ccc(Cl)cc2)CC1. The quantitative estimate of drug-likeness (QED) is 0.612. The first-order valence-corrected chi connectivity index (χ1v) is 10.6. The van der Waals surface area contributed by atoms with Crippen molar-refractivity contribution in [3.63, 3.8) is 0 Å². The van der Waals surface area contributed by atoms with Crippen molar-refractivity contribution >= 4 is 28.8 Å². The van der Waals surface area contributed by atoms with Gasteiger partial charge in [0.05, 0.1) is 0 Å². The van der Waals surface area contributed by atoms with Gasteiger partial charge in [-0.2, -0.15) is 11.3 Å². The number of benzene rings is 1. The Kier molecular flexibility index (Phi) is 6.04. The molecule has 1 saturated heterocycles. The Labute approximate surface area is 172 Å². The van der Waals surface area contributed by atoms with E-state index in [2.05, 4.69) is 27.2 Å². The van der Waals surface area contributed by atoms with Crippen LogP contribution in [0.4, 0.5) is 0 Å². The third-order valence-corrected chi connectivity index (χ3v) is 5.77. The average molecular weight is 417 g/mol. The first-order valence-electron chi connectivity index (χ1n) is 9.27. The Morgan fingerprint density at radius 2 is 1.89 bits per heavy atom. The number of thiophene rings is 1. The van der Waals surface area contributed by atoms with E-state index < -0.39 is 0 Å². The predicted molar refractivity (Wildman–Crippen MR) is 109 cm³/mol. The van der Waals surface area contributed by atoms with Gasteiger partial charge in [0.1, 0.15) is 0 Å². The molecule has 1 fully saturated rings. The number of rotatable bonds is 6. The van der Waals surface area contributed by atoms with E-state index in [0.29, 0.717) is 24.6 Å². The number of aryl methyl sites for hydroxylation is 1. The van der Waals surface area contributed by atoms with Crippen molar-refractivity contribution in [1.29, 1.82) is 0 Å². The van der Waals surface area contributed by atoms with Gasteiger partial charge in [-0.1, -0.05) is 23.7 Å². The lowest BCUT2D eigenvalue weighted by molar-refractivity contribution is -0.133. The van der Waals surface area contributed by atoms with E-state index in [1.807, 2.05) is 33.9 Å². The minimum atomic E-state index is 0.140. The molecule has 2 aromatic heterocycles. The number of amides is 1. The van der Waals surface area contributed by atoms with E-state index in [9.17, 15) is 4.79 Å². The summed E-state index contributed by atoms with van der Waals surface area (Å²) in [6, 6.07) is 9.87. The van der Waals surface area contributed by atoms with Crippen molar-refractivity contribution in [3.05, 3.63) is 57.6 Å². The Morgan fingerprint density at radius 1 is 1.11 bits per heavy atom. The van der Waals surface area contributed by atoms with Crippen molar-refractivity contribution < 1.29 is 9.21 Å². The molecule has 1 aromatic carbocycles. The van der Waals surface area contributed by atoms with Crippen LogP contribution in [0.2, 0.25) is 5.02 Å². The molecule has 1 amide bonds. The Bertz CT molecular complexity index is 903. The lowest BCUT2D eigenvalue weighted by Gasteiger charge is -2.34. The zero-order valence-corrected chi connectivity index (χ0v) is 17.0. The maximum Gasteiger partial charge on any atom is 0.248 e. The van der Waals surface area contributed by atoms with Gasteiger partial charge in [-0.05, 0) is 29.1 Å². The van der Waals surface area contributed by atoms with Gasteiger partial charge in [-0.15, -0.1) is 10.2 Å². The second-order valence-electron chi connectivity index (χ2n) is 6.80. The molecule has 0 radical (unpaired) electrons. The van der Waals surface area contributed by atoms with Crippen molar-refractivity contribution in [2.75, 3.05) is 26.2 Å². The molecule has 0 aliphatic carbocycles. The summed E-state index contributed by atoms with van der Waals surface area (Å²) < 4.78 is 5.65. The number of hydrogen-bond donors (Lipinski definition) is 0. The van der Waals surface area contributed by atoms with E-state index in [1.165, 1.54) is 5.56 Å². The summed E-state index contributed by atoms with van der Waals surface area (Å²) in [4.78, 5) is 16.8.